The van der Waals surface area contributed by atoms with Crippen LogP contribution in [0.2, 0.25) is 0 Å². The molecule has 1 aromatic heterocycles. The van der Waals surface area contributed by atoms with E-state index in [1.807, 2.05) is 35.8 Å². The molecular weight excluding hydrogens is 300 g/mol. The number of hydrogen-bond acceptors (Lipinski definition) is 2. The molecule has 118 valence electrons. The summed E-state index contributed by atoms with van der Waals surface area (Å²) in [5.41, 5.74) is 1.56. The summed E-state index contributed by atoms with van der Waals surface area (Å²) in [7, 11) is 0. The number of rotatable bonds is 4. The quantitative estimate of drug-likeness (QED) is 0.804. The van der Waals surface area contributed by atoms with Crippen LogP contribution < -0.4 is 5.32 Å². The van der Waals surface area contributed by atoms with E-state index in [1.54, 1.807) is 0 Å². The summed E-state index contributed by atoms with van der Waals surface area (Å²) in [5.74, 6) is -1.19. The van der Waals surface area contributed by atoms with Crippen molar-refractivity contribution in [2.24, 2.45) is 0 Å². The molecule has 0 saturated carbocycles. The number of imidazole rings is 1. The third kappa shape index (κ3) is 3.06. The van der Waals surface area contributed by atoms with Crippen LogP contribution in [0.3, 0.4) is 0 Å². The van der Waals surface area contributed by atoms with Gasteiger partial charge in [0.05, 0.1) is 16.6 Å². The molecule has 1 N–H and O–H groups in total. The molecule has 0 bridgehead atoms. The molecule has 23 heavy (non-hydrogen) atoms. The average molecular weight is 315 g/mol. The van der Waals surface area contributed by atoms with E-state index in [9.17, 15) is 13.6 Å². The molecule has 3 aromatic rings. The Labute approximate surface area is 131 Å². The number of halogens is 2. The molecule has 6 heteroatoms. The number of carbonyl (C=O) groups excluding carboxylic acids is 1. The molecule has 0 radical (unpaired) electrons. The van der Waals surface area contributed by atoms with Crippen molar-refractivity contribution in [3.05, 3.63) is 65.5 Å². The van der Waals surface area contributed by atoms with Gasteiger partial charge in [-0.15, -0.1) is 0 Å². The number of carbonyl (C=O) groups is 1. The topological polar surface area (TPSA) is 46.9 Å². The number of nitrogens with zero attached hydrogens (tertiary/aromatic N) is 2. The highest BCUT2D eigenvalue weighted by molar-refractivity contribution is 5.94. The van der Waals surface area contributed by atoms with Crippen molar-refractivity contribution >= 4 is 16.9 Å². The Morgan fingerprint density at radius 1 is 1.22 bits per heavy atom. The minimum absolute atomic E-state index is 0.288. The van der Waals surface area contributed by atoms with Crippen molar-refractivity contribution in [3.8, 4) is 0 Å². The number of aryl methyl sites for hydroxylation is 1. The second-order valence-electron chi connectivity index (χ2n) is 5.18. The van der Waals surface area contributed by atoms with E-state index in [0.29, 0.717) is 6.54 Å². The standard InChI is InChI=1S/C17H15F2N3O/c1-11-21-15-4-2-3-5-16(15)22(11)9-8-20-17(23)13-10-12(18)6-7-14(13)19/h2-7,10H,8-9H2,1H3,(H,20,23). The van der Waals surface area contributed by atoms with E-state index in [1.165, 1.54) is 0 Å². The number of aromatic nitrogens is 2. The number of fused-ring (bicyclic) bond motifs is 1. The molecule has 2 aromatic carbocycles. The van der Waals surface area contributed by atoms with Crippen molar-refractivity contribution in [1.29, 1.82) is 0 Å². The summed E-state index contributed by atoms with van der Waals surface area (Å²) >= 11 is 0. The molecule has 0 aliphatic rings. The van der Waals surface area contributed by atoms with E-state index >= 15 is 0 Å². The first-order valence-electron chi connectivity index (χ1n) is 7.21. The van der Waals surface area contributed by atoms with Crippen molar-refractivity contribution in [3.63, 3.8) is 0 Å². The Bertz CT molecular complexity index is 873. The molecule has 0 atom stereocenters. The summed E-state index contributed by atoms with van der Waals surface area (Å²) < 4.78 is 28.6. The Hall–Kier alpha value is -2.76. The highest BCUT2D eigenvalue weighted by Crippen LogP contribution is 2.15. The van der Waals surface area contributed by atoms with Gasteiger partial charge in [-0.05, 0) is 37.3 Å². The first-order valence-corrected chi connectivity index (χ1v) is 7.21. The normalized spacial score (nSPS) is 10.9. The third-order valence-corrected chi connectivity index (χ3v) is 3.64. The molecule has 1 amide bonds. The van der Waals surface area contributed by atoms with Crippen LogP contribution in [0.25, 0.3) is 11.0 Å². The maximum Gasteiger partial charge on any atom is 0.254 e. The monoisotopic (exact) mass is 315 g/mol. The van der Waals surface area contributed by atoms with E-state index in [2.05, 4.69) is 10.3 Å². The predicted octanol–water partition coefficient (Wildman–Crippen LogP) is 3.05. The molecule has 0 aliphatic heterocycles. The smallest absolute Gasteiger partial charge is 0.254 e. The van der Waals surface area contributed by atoms with E-state index in [0.717, 1.165) is 35.1 Å². The number of hydrogen-bond donors (Lipinski definition) is 1. The molecular formula is C17H15F2N3O. The molecule has 4 nitrogen and oxygen atoms in total. The van der Waals surface area contributed by atoms with E-state index < -0.39 is 17.5 Å². The molecule has 0 fully saturated rings. The summed E-state index contributed by atoms with van der Waals surface area (Å²) in [6, 6.07) is 10.5. The lowest BCUT2D eigenvalue weighted by molar-refractivity contribution is 0.0947. The Balaban J connectivity index is 1.70. The van der Waals surface area contributed by atoms with Crippen LogP contribution in [0, 0.1) is 18.6 Å². The van der Waals surface area contributed by atoms with Gasteiger partial charge in [-0.3, -0.25) is 4.79 Å². The molecule has 3 rings (SSSR count). The molecule has 1 heterocycles. The summed E-state index contributed by atoms with van der Waals surface area (Å²) in [6.45, 7) is 2.67. The summed E-state index contributed by atoms with van der Waals surface area (Å²) in [6.07, 6.45) is 0. The zero-order valence-electron chi connectivity index (χ0n) is 12.5. The number of para-hydroxylation sites is 2. The van der Waals surface area contributed by atoms with Crippen molar-refractivity contribution in [2.75, 3.05) is 6.54 Å². The van der Waals surface area contributed by atoms with Gasteiger partial charge in [-0.2, -0.15) is 0 Å². The highest BCUT2D eigenvalue weighted by atomic mass is 19.1. The van der Waals surface area contributed by atoms with Gasteiger partial charge in [-0.1, -0.05) is 12.1 Å². The van der Waals surface area contributed by atoms with Crippen molar-refractivity contribution in [1.82, 2.24) is 14.9 Å². The van der Waals surface area contributed by atoms with Gasteiger partial charge in [0.15, 0.2) is 0 Å². The summed E-state index contributed by atoms with van der Waals surface area (Å²) in [4.78, 5) is 16.4. The number of benzene rings is 2. The lowest BCUT2D eigenvalue weighted by atomic mass is 10.2. The fourth-order valence-corrected chi connectivity index (χ4v) is 2.53. The SMILES string of the molecule is Cc1nc2ccccc2n1CCNC(=O)c1cc(F)ccc1F. The second-order valence-corrected chi connectivity index (χ2v) is 5.18. The largest absolute Gasteiger partial charge is 0.350 e. The molecule has 0 spiro atoms. The fraction of sp³-hybridized carbons (Fsp3) is 0.176. The zero-order chi connectivity index (χ0) is 16.4. The first-order chi connectivity index (χ1) is 11.1. The Kier molecular flexibility index (Phi) is 4.06. The molecule has 0 unspecified atom stereocenters. The predicted molar refractivity (Wildman–Crippen MR) is 83.2 cm³/mol. The Morgan fingerprint density at radius 2 is 2.00 bits per heavy atom. The third-order valence-electron chi connectivity index (χ3n) is 3.64. The van der Waals surface area contributed by atoms with Crippen LogP contribution in [0.5, 0.6) is 0 Å². The van der Waals surface area contributed by atoms with Crippen LogP contribution >= 0.6 is 0 Å². The van der Waals surface area contributed by atoms with Crippen LogP contribution in [-0.2, 0) is 6.54 Å². The first kappa shape index (κ1) is 15.1. The van der Waals surface area contributed by atoms with Crippen molar-refractivity contribution < 1.29 is 13.6 Å². The van der Waals surface area contributed by atoms with Gasteiger partial charge in [0.1, 0.15) is 17.5 Å². The maximum atomic E-state index is 13.6. The number of nitrogens with one attached hydrogen (secondary N) is 1. The lowest BCUT2D eigenvalue weighted by Crippen LogP contribution is -2.28. The average Bonchev–Trinajstić information content (AvgIpc) is 2.85. The van der Waals surface area contributed by atoms with Crippen molar-refractivity contribution in [2.45, 2.75) is 13.5 Å². The lowest BCUT2D eigenvalue weighted by Gasteiger charge is -2.09. The summed E-state index contributed by atoms with van der Waals surface area (Å²) in [5, 5.41) is 2.60. The van der Waals surface area contributed by atoms with Gasteiger partial charge in [0.25, 0.3) is 5.91 Å². The zero-order valence-corrected chi connectivity index (χ0v) is 12.5. The number of amides is 1. The fourth-order valence-electron chi connectivity index (χ4n) is 2.53. The van der Waals surface area contributed by atoms with Gasteiger partial charge < -0.3 is 9.88 Å². The van der Waals surface area contributed by atoms with E-state index in [4.69, 9.17) is 0 Å². The maximum absolute atomic E-state index is 13.6. The molecule has 0 saturated heterocycles. The minimum atomic E-state index is -0.742. The highest BCUT2D eigenvalue weighted by Gasteiger charge is 2.13. The van der Waals surface area contributed by atoms with Crippen LogP contribution in [0.1, 0.15) is 16.2 Å². The van der Waals surface area contributed by atoms with Gasteiger partial charge >= 0.3 is 0 Å². The van der Waals surface area contributed by atoms with Crippen LogP contribution in [0.4, 0.5) is 8.78 Å². The van der Waals surface area contributed by atoms with Gasteiger partial charge in [0, 0.05) is 13.1 Å². The van der Waals surface area contributed by atoms with Crippen LogP contribution in [-0.4, -0.2) is 22.0 Å². The Morgan fingerprint density at radius 3 is 2.83 bits per heavy atom. The van der Waals surface area contributed by atoms with Gasteiger partial charge in [-0.25, -0.2) is 13.8 Å². The van der Waals surface area contributed by atoms with Crippen LogP contribution in [0.15, 0.2) is 42.5 Å². The molecule has 0 aliphatic carbocycles. The minimum Gasteiger partial charge on any atom is -0.350 e. The van der Waals surface area contributed by atoms with E-state index in [-0.39, 0.29) is 12.1 Å². The van der Waals surface area contributed by atoms with Gasteiger partial charge in [0.2, 0.25) is 0 Å². The second kappa shape index (κ2) is 6.16.